The van der Waals surface area contributed by atoms with Crippen molar-refractivity contribution in [3.63, 3.8) is 0 Å². The predicted octanol–water partition coefficient (Wildman–Crippen LogP) is -0.453. The third kappa shape index (κ3) is 1.94. The first-order valence-electron chi connectivity index (χ1n) is 5.78. The Labute approximate surface area is 113 Å². The second kappa shape index (κ2) is 4.24. The Morgan fingerprint density at radius 2 is 2.00 bits per heavy atom. The molecule has 1 unspecified atom stereocenters. The molecule has 19 heavy (non-hydrogen) atoms. The number of hydrogen-bond donors (Lipinski definition) is 2. The van der Waals surface area contributed by atoms with Gasteiger partial charge in [-0.2, -0.15) is 0 Å². The Morgan fingerprint density at radius 1 is 1.32 bits per heavy atom. The van der Waals surface area contributed by atoms with E-state index >= 15 is 0 Å². The van der Waals surface area contributed by atoms with Crippen molar-refractivity contribution < 1.29 is 0 Å². The smallest absolute Gasteiger partial charge is 0.198 e. The van der Waals surface area contributed by atoms with E-state index in [4.69, 9.17) is 11.6 Å². The molecule has 3 rings (SSSR count). The zero-order chi connectivity index (χ0) is 13.6. The van der Waals surface area contributed by atoms with Crippen molar-refractivity contribution in [2.75, 3.05) is 0 Å². The number of aromatic amines is 1. The minimum Gasteiger partial charge on any atom is -0.335 e. The van der Waals surface area contributed by atoms with Crippen LogP contribution in [0, 0.1) is 13.8 Å². The number of aryl methyl sites for hydroxylation is 2. The summed E-state index contributed by atoms with van der Waals surface area (Å²) in [5.74, 6) is 0.706. The number of pyridine rings is 1. The molecule has 0 bridgehead atoms. The summed E-state index contributed by atoms with van der Waals surface area (Å²) < 4.78 is 1.82. The third-order valence-corrected chi connectivity index (χ3v) is 3.19. The Balaban J connectivity index is 2.32. The molecule has 0 aromatic carbocycles. The standard InChI is InChI=1S/C12H12ClN5O/c1-6-3-18(4-7(2)9(6)19)11-8-10(15-5-14-8)16-12(13)17-11/h3-5,12,17H,1-2H3,(H,14,15,16). The maximum atomic E-state index is 11.8. The monoisotopic (exact) mass is 277 g/mol. The van der Waals surface area contributed by atoms with E-state index in [0.29, 0.717) is 27.8 Å². The molecule has 0 spiro atoms. The number of nitrogens with zero attached hydrogens (tertiary/aromatic N) is 3. The molecule has 6 nitrogen and oxygen atoms in total. The van der Waals surface area contributed by atoms with Gasteiger partial charge in [-0.25, -0.2) is 9.98 Å². The van der Waals surface area contributed by atoms with Crippen molar-refractivity contribution in [3.8, 4) is 0 Å². The summed E-state index contributed by atoms with van der Waals surface area (Å²) in [5, 5.41) is 3.72. The molecule has 2 aromatic rings. The lowest BCUT2D eigenvalue weighted by molar-refractivity contribution is 0.719. The molecule has 0 saturated carbocycles. The Kier molecular flexibility index (Phi) is 2.67. The highest BCUT2D eigenvalue weighted by molar-refractivity contribution is 6.20. The number of imidazole rings is 1. The van der Waals surface area contributed by atoms with Gasteiger partial charge < -0.3 is 14.9 Å². The fourth-order valence-corrected chi connectivity index (χ4v) is 2.30. The second-order valence-corrected chi connectivity index (χ2v) is 4.83. The van der Waals surface area contributed by atoms with E-state index in [1.165, 1.54) is 0 Å². The van der Waals surface area contributed by atoms with Crippen LogP contribution in [-0.2, 0) is 0 Å². The molecule has 0 amide bonds. The van der Waals surface area contributed by atoms with Crippen molar-refractivity contribution in [1.82, 2.24) is 19.9 Å². The highest BCUT2D eigenvalue weighted by Gasteiger charge is 2.15. The van der Waals surface area contributed by atoms with Crippen LogP contribution in [0.1, 0.15) is 11.1 Å². The summed E-state index contributed by atoms with van der Waals surface area (Å²) in [6, 6.07) is 0. The third-order valence-electron chi connectivity index (χ3n) is 2.98. The number of aromatic nitrogens is 3. The number of fused-ring (bicyclic) bond motifs is 1. The molecule has 1 atom stereocenters. The Morgan fingerprint density at radius 3 is 2.68 bits per heavy atom. The van der Waals surface area contributed by atoms with Gasteiger partial charge in [0.05, 0.1) is 6.33 Å². The zero-order valence-electron chi connectivity index (χ0n) is 10.4. The summed E-state index contributed by atoms with van der Waals surface area (Å²) in [4.78, 5) is 23.1. The van der Waals surface area contributed by atoms with Crippen LogP contribution in [0.4, 0.5) is 0 Å². The van der Waals surface area contributed by atoms with Gasteiger partial charge >= 0.3 is 0 Å². The van der Waals surface area contributed by atoms with Crippen LogP contribution in [0.5, 0.6) is 0 Å². The molecule has 2 N–H and O–H groups in total. The number of hydrogen-bond acceptors (Lipinski definition) is 4. The highest BCUT2D eigenvalue weighted by atomic mass is 35.5. The summed E-state index contributed by atoms with van der Waals surface area (Å²) >= 11 is 6.04. The van der Waals surface area contributed by atoms with E-state index in [1.54, 1.807) is 32.6 Å². The molecule has 0 fully saturated rings. The minimum absolute atomic E-state index is 0.0435. The fraction of sp³-hybridized carbons (Fsp3) is 0.250. The first kappa shape index (κ1) is 12.0. The van der Waals surface area contributed by atoms with Gasteiger partial charge in [-0.05, 0) is 13.8 Å². The average molecular weight is 278 g/mol. The molecule has 2 aromatic heterocycles. The summed E-state index contributed by atoms with van der Waals surface area (Å²) in [5.41, 5.74) is 1.44. The molecule has 7 heteroatoms. The van der Waals surface area contributed by atoms with E-state index in [-0.39, 0.29) is 5.43 Å². The molecule has 0 saturated heterocycles. The van der Waals surface area contributed by atoms with Gasteiger partial charge in [0.2, 0.25) is 0 Å². The quantitative estimate of drug-likeness (QED) is 0.548. The van der Waals surface area contributed by atoms with Gasteiger partial charge in [-0.3, -0.25) is 4.79 Å². The average Bonchev–Trinajstić information content (AvgIpc) is 2.82. The normalized spacial score (nSPS) is 17.6. The lowest BCUT2D eigenvalue weighted by atomic mass is 10.2. The maximum absolute atomic E-state index is 11.8. The lowest BCUT2D eigenvalue weighted by Gasteiger charge is -2.18. The number of alkyl halides is 1. The van der Waals surface area contributed by atoms with Crippen LogP contribution >= 0.6 is 11.6 Å². The molecule has 0 radical (unpaired) electrons. The SMILES string of the molecule is Cc1cn(C2=c3nc[nH]c3=NC(Cl)N2)cc(C)c1=O. The van der Waals surface area contributed by atoms with Crippen molar-refractivity contribution in [2.45, 2.75) is 19.5 Å². The minimum atomic E-state index is -0.567. The van der Waals surface area contributed by atoms with Crippen LogP contribution in [0.15, 0.2) is 28.5 Å². The van der Waals surface area contributed by atoms with Gasteiger partial charge in [-0.1, -0.05) is 11.6 Å². The van der Waals surface area contributed by atoms with E-state index in [2.05, 4.69) is 20.3 Å². The maximum Gasteiger partial charge on any atom is 0.198 e. The number of H-pyrrole nitrogens is 1. The molecule has 3 heterocycles. The van der Waals surface area contributed by atoms with Crippen LogP contribution in [0.3, 0.4) is 0 Å². The first-order valence-corrected chi connectivity index (χ1v) is 6.22. The Bertz CT molecular complexity index is 793. The summed E-state index contributed by atoms with van der Waals surface area (Å²) in [6.45, 7) is 3.56. The van der Waals surface area contributed by atoms with E-state index < -0.39 is 5.62 Å². The number of halogens is 1. The number of nitrogens with one attached hydrogen (secondary N) is 2. The van der Waals surface area contributed by atoms with Crippen molar-refractivity contribution in [2.24, 2.45) is 4.99 Å². The summed E-state index contributed by atoms with van der Waals surface area (Å²) in [7, 11) is 0. The first-order chi connectivity index (χ1) is 9.06. The van der Waals surface area contributed by atoms with Crippen molar-refractivity contribution in [1.29, 1.82) is 0 Å². The van der Waals surface area contributed by atoms with Gasteiger partial charge in [0.15, 0.2) is 16.5 Å². The number of rotatable bonds is 1. The largest absolute Gasteiger partial charge is 0.335 e. The zero-order valence-corrected chi connectivity index (χ0v) is 11.2. The summed E-state index contributed by atoms with van der Waals surface area (Å²) in [6.07, 6.45) is 5.07. The van der Waals surface area contributed by atoms with E-state index in [0.717, 1.165) is 0 Å². The molecular weight excluding hydrogens is 266 g/mol. The second-order valence-electron chi connectivity index (χ2n) is 4.42. The lowest BCUT2D eigenvalue weighted by Crippen LogP contribution is -2.44. The van der Waals surface area contributed by atoms with Crippen LogP contribution in [0.2, 0.25) is 0 Å². The molecule has 0 aliphatic carbocycles. The van der Waals surface area contributed by atoms with Crippen molar-refractivity contribution >= 4 is 17.4 Å². The van der Waals surface area contributed by atoms with Crippen LogP contribution in [0.25, 0.3) is 5.82 Å². The Hall–Kier alpha value is -2.08. The van der Waals surface area contributed by atoms with Crippen LogP contribution in [-0.4, -0.2) is 20.2 Å². The molecule has 1 aliphatic heterocycles. The van der Waals surface area contributed by atoms with Gasteiger partial charge in [-0.15, -0.1) is 0 Å². The van der Waals surface area contributed by atoms with Gasteiger partial charge in [0.1, 0.15) is 11.2 Å². The molecular formula is C12H12ClN5O. The van der Waals surface area contributed by atoms with Crippen molar-refractivity contribution in [3.05, 3.63) is 50.9 Å². The molecule has 1 aliphatic rings. The predicted molar refractivity (Wildman–Crippen MR) is 71.1 cm³/mol. The van der Waals surface area contributed by atoms with E-state index in [1.807, 2.05) is 4.57 Å². The highest BCUT2D eigenvalue weighted by Crippen LogP contribution is 2.05. The van der Waals surface area contributed by atoms with Gasteiger partial charge in [0, 0.05) is 23.5 Å². The van der Waals surface area contributed by atoms with Crippen LogP contribution < -0.4 is 21.6 Å². The fourth-order valence-electron chi connectivity index (χ4n) is 2.09. The van der Waals surface area contributed by atoms with E-state index in [9.17, 15) is 4.79 Å². The topological polar surface area (TPSA) is 75.1 Å². The molecule has 98 valence electrons. The van der Waals surface area contributed by atoms with Gasteiger partial charge in [0.25, 0.3) is 0 Å².